The molecular weight excluding hydrogens is 274 g/mol. The van der Waals surface area contributed by atoms with Gasteiger partial charge in [-0.1, -0.05) is 5.16 Å². The number of aryl methyl sites for hydroxylation is 1. The minimum absolute atomic E-state index is 0.0410. The highest BCUT2D eigenvalue weighted by Crippen LogP contribution is 2.40. The Morgan fingerprint density at radius 1 is 1.48 bits per heavy atom. The molecule has 110 valence electrons. The molecule has 1 aliphatic rings. The minimum atomic E-state index is -1.08. The van der Waals surface area contributed by atoms with Crippen molar-refractivity contribution in [1.82, 2.24) is 5.16 Å². The van der Waals surface area contributed by atoms with E-state index in [4.69, 9.17) is 14.0 Å². The van der Waals surface area contributed by atoms with E-state index in [2.05, 4.69) is 5.16 Å². The number of nitrogens with zero attached hydrogens (tertiary/aromatic N) is 1. The second-order valence-corrected chi connectivity index (χ2v) is 5.06. The minimum Gasteiger partial charge on any atom is -0.496 e. The van der Waals surface area contributed by atoms with Gasteiger partial charge < -0.3 is 19.1 Å². The Hall–Kier alpha value is -2.50. The molecule has 0 radical (unpaired) electrons. The van der Waals surface area contributed by atoms with E-state index in [0.717, 1.165) is 17.7 Å². The Balaban J connectivity index is 2.19. The average Bonchev–Trinajstić information content (AvgIpc) is 2.98. The van der Waals surface area contributed by atoms with Crippen LogP contribution in [0.5, 0.6) is 11.5 Å². The van der Waals surface area contributed by atoms with Crippen LogP contribution in [0.1, 0.15) is 28.6 Å². The maximum absolute atomic E-state index is 11.4. The molecule has 1 aromatic heterocycles. The zero-order valence-electron chi connectivity index (χ0n) is 12.0. The number of carboxylic acids is 1. The van der Waals surface area contributed by atoms with Gasteiger partial charge in [0.2, 0.25) is 0 Å². The number of hydrogen-bond donors (Lipinski definition) is 1. The molecule has 1 N–H and O–H groups in total. The second-order valence-electron chi connectivity index (χ2n) is 5.06. The van der Waals surface area contributed by atoms with Crippen molar-refractivity contribution in [2.24, 2.45) is 0 Å². The Morgan fingerprint density at radius 2 is 2.24 bits per heavy atom. The molecule has 6 nitrogen and oxygen atoms in total. The summed E-state index contributed by atoms with van der Waals surface area (Å²) in [7, 11) is 1.54. The molecule has 1 aliphatic heterocycles. The van der Waals surface area contributed by atoms with Crippen molar-refractivity contribution in [3.05, 3.63) is 29.0 Å². The van der Waals surface area contributed by atoms with Crippen molar-refractivity contribution in [2.75, 3.05) is 7.11 Å². The summed E-state index contributed by atoms with van der Waals surface area (Å²) in [6.07, 6.45) is 0.897. The number of benzene rings is 1. The highest BCUT2D eigenvalue weighted by Gasteiger charge is 2.27. The summed E-state index contributed by atoms with van der Waals surface area (Å²) in [5.41, 5.74) is 1.89. The second kappa shape index (κ2) is 4.80. The first kappa shape index (κ1) is 13.5. The first-order chi connectivity index (χ1) is 10.0. The molecule has 6 heteroatoms. The monoisotopic (exact) mass is 289 g/mol. The van der Waals surface area contributed by atoms with Crippen molar-refractivity contribution in [3.63, 3.8) is 0 Å². The van der Waals surface area contributed by atoms with E-state index in [-0.39, 0.29) is 23.1 Å². The van der Waals surface area contributed by atoms with Gasteiger partial charge in [-0.2, -0.15) is 0 Å². The lowest BCUT2D eigenvalue weighted by atomic mass is 10.0. The van der Waals surface area contributed by atoms with Crippen molar-refractivity contribution in [1.29, 1.82) is 0 Å². The Morgan fingerprint density at radius 3 is 2.90 bits per heavy atom. The Labute approximate surface area is 121 Å². The fraction of sp³-hybridized carbons (Fsp3) is 0.333. The van der Waals surface area contributed by atoms with Gasteiger partial charge in [-0.25, -0.2) is 4.79 Å². The molecule has 0 amide bonds. The van der Waals surface area contributed by atoms with Gasteiger partial charge in [-0.15, -0.1) is 0 Å². The van der Waals surface area contributed by atoms with Gasteiger partial charge in [0.05, 0.1) is 12.7 Å². The SMILES string of the molecule is COc1cc2c(cc1-c1noc(C)c1C(=O)O)OC(C)C2. The molecule has 2 heterocycles. The number of hydrogen-bond acceptors (Lipinski definition) is 5. The Bertz CT molecular complexity index is 719. The van der Waals surface area contributed by atoms with Crippen molar-refractivity contribution in [3.8, 4) is 22.8 Å². The fourth-order valence-corrected chi connectivity index (χ4v) is 2.60. The molecular formula is C15H15NO5. The average molecular weight is 289 g/mol. The van der Waals surface area contributed by atoms with E-state index in [1.165, 1.54) is 7.11 Å². The predicted octanol–water partition coefficient (Wildman–Crippen LogP) is 2.68. The summed E-state index contributed by atoms with van der Waals surface area (Å²) in [5.74, 6) is 0.465. The van der Waals surface area contributed by atoms with Crippen LogP contribution in [-0.4, -0.2) is 29.4 Å². The van der Waals surface area contributed by atoms with Crippen LogP contribution in [0.4, 0.5) is 0 Å². The largest absolute Gasteiger partial charge is 0.496 e. The highest BCUT2D eigenvalue weighted by molar-refractivity contribution is 5.96. The lowest BCUT2D eigenvalue weighted by Gasteiger charge is -2.09. The van der Waals surface area contributed by atoms with Gasteiger partial charge in [-0.3, -0.25) is 0 Å². The predicted molar refractivity (Wildman–Crippen MR) is 74.0 cm³/mol. The van der Waals surface area contributed by atoms with Gasteiger partial charge in [-0.05, 0) is 26.0 Å². The quantitative estimate of drug-likeness (QED) is 0.935. The lowest BCUT2D eigenvalue weighted by molar-refractivity contribution is 0.0695. The number of aromatic carboxylic acids is 1. The van der Waals surface area contributed by atoms with E-state index in [1.54, 1.807) is 13.0 Å². The summed E-state index contributed by atoms with van der Waals surface area (Å²) in [6, 6.07) is 3.63. The summed E-state index contributed by atoms with van der Waals surface area (Å²) in [4.78, 5) is 11.4. The van der Waals surface area contributed by atoms with Gasteiger partial charge in [0, 0.05) is 12.0 Å². The van der Waals surface area contributed by atoms with Gasteiger partial charge in [0.25, 0.3) is 0 Å². The molecule has 0 saturated heterocycles. The molecule has 1 aromatic carbocycles. The number of fused-ring (bicyclic) bond motifs is 1. The molecule has 0 spiro atoms. The van der Waals surface area contributed by atoms with Crippen LogP contribution in [0.2, 0.25) is 0 Å². The van der Waals surface area contributed by atoms with Crippen molar-refractivity contribution < 1.29 is 23.9 Å². The van der Waals surface area contributed by atoms with Crippen LogP contribution >= 0.6 is 0 Å². The number of aromatic nitrogens is 1. The van der Waals surface area contributed by atoms with Crippen LogP contribution in [0.15, 0.2) is 16.7 Å². The molecule has 21 heavy (non-hydrogen) atoms. The van der Waals surface area contributed by atoms with E-state index in [9.17, 15) is 9.90 Å². The first-order valence-corrected chi connectivity index (χ1v) is 6.58. The third kappa shape index (κ3) is 2.12. The lowest BCUT2D eigenvalue weighted by Crippen LogP contribution is -2.05. The van der Waals surface area contributed by atoms with Crippen LogP contribution in [-0.2, 0) is 6.42 Å². The molecule has 1 atom stereocenters. The van der Waals surface area contributed by atoms with Crippen LogP contribution in [0, 0.1) is 6.92 Å². The van der Waals surface area contributed by atoms with Crippen LogP contribution < -0.4 is 9.47 Å². The zero-order chi connectivity index (χ0) is 15.1. The van der Waals surface area contributed by atoms with Gasteiger partial charge >= 0.3 is 5.97 Å². The summed E-state index contributed by atoms with van der Waals surface area (Å²) >= 11 is 0. The third-order valence-corrected chi connectivity index (χ3v) is 3.55. The van der Waals surface area contributed by atoms with Crippen LogP contribution in [0.25, 0.3) is 11.3 Å². The number of carbonyl (C=O) groups is 1. The van der Waals surface area contributed by atoms with E-state index < -0.39 is 5.97 Å². The smallest absolute Gasteiger partial charge is 0.341 e. The molecule has 2 aromatic rings. The van der Waals surface area contributed by atoms with E-state index in [0.29, 0.717) is 11.3 Å². The zero-order valence-corrected chi connectivity index (χ0v) is 12.0. The molecule has 0 bridgehead atoms. The summed E-state index contributed by atoms with van der Waals surface area (Å²) in [6.45, 7) is 3.55. The van der Waals surface area contributed by atoms with E-state index >= 15 is 0 Å². The number of ether oxygens (including phenoxy) is 2. The summed E-state index contributed by atoms with van der Waals surface area (Å²) < 4.78 is 16.1. The van der Waals surface area contributed by atoms with Crippen molar-refractivity contribution in [2.45, 2.75) is 26.4 Å². The molecule has 0 saturated carbocycles. The maximum Gasteiger partial charge on any atom is 0.341 e. The third-order valence-electron chi connectivity index (χ3n) is 3.55. The normalized spacial score (nSPS) is 16.4. The van der Waals surface area contributed by atoms with Gasteiger partial charge in [0.1, 0.15) is 34.6 Å². The van der Waals surface area contributed by atoms with Gasteiger partial charge in [0.15, 0.2) is 0 Å². The molecule has 3 rings (SSSR count). The molecule has 0 aliphatic carbocycles. The van der Waals surface area contributed by atoms with E-state index in [1.807, 2.05) is 13.0 Å². The molecule has 0 fully saturated rings. The van der Waals surface area contributed by atoms with Crippen molar-refractivity contribution >= 4 is 5.97 Å². The number of rotatable bonds is 3. The fourth-order valence-electron chi connectivity index (χ4n) is 2.60. The Kier molecular flexibility index (Phi) is 3.08. The maximum atomic E-state index is 11.4. The summed E-state index contributed by atoms with van der Waals surface area (Å²) in [5, 5.41) is 13.2. The first-order valence-electron chi connectivity index (χ1n) is 6.58. The topological polar surface area (TPSA) is 81.8 Å². The highest BCUT2D eigenvalue weighted by atomic mass is 16.5. The standard InChI is InChI=1S/C15H15NO5/c1-7-4-9-5-12(19-3)10(6-11(9)20-7)14-13(15(17)18)8(2)21-16-14/h5-7H,4H2,1-3H3,(H,17,18). The number of methoxy groups -OCH3 is 1. The number of carboxylic acid groups (broad SMARTS) is 1. The molecule has 1 unspecified atom stereocenters. The van der Waals surface area contributed by atoms with Crippen LogP contribution in [0.3, 0.4) is 0 Å².